The van der Waals surface area contributed by atoms with E-state index in [-0.39, 0.29) is 10.8 Å². The van der Waals surface area contributed by atoms with Gasteiger partial charge < -0.3 is 9.47 Å². The van der Waals surface area contributed by atoms with Crippen LogP contribution in [-0.4, -0.2) is 54.3 Å². The molecule has 1 aromatic heterocycles. The predicted molar refractivity (Wildman–Crippen MR) is 117 cm³/mol. The number of amides is 1. The molecule has 6 nitrogen and oxygen atoms in total. The highest BCUT2D eigenvalue weighted by atomic mass is 32.2. The van der Waals surface area contributed by atoms with Crippen LogP contribution >= 0.6 is 0 Å². The molecule has 0 spiro atoms. The summed E-state index contributed by atoms with van der Waals surface area (Å²) in [6.45, 7) is 4.35. The minimum Gasteiger partial charge on any atom is -0.343 e. The van der Waals surface area contributed by atoms with Crippen molar-refractivity contribution in [3.05, 3.63) is 53.3 Å². The zero-order valence-electron chi connectivity index (χ0n) is 17.9. The molecule has 162 valence electrons. The number of aromatic nitrogens is 1. The van der Waals surface area contributed by atoms with E-state index in [0.29, 0.717) is 30.4 Å². The SMILES string of the molecule is Cc1c(S(=O)(=O)N2CCCC2)cc(C(=O)N2CCC(Cc3ccccc3)CC2)n1C. The Morgan fingerprint density at radius 3 is 2.30 bits per heavy atom. The number of piperidine rings is 1. The first kappa shape index (κ1) is 21.1. The highest BCUT2D eigenvalue weighted by Crippen LogP contribution is 2.28. The van der Waals surface area contributed by atoms with Crippen LogP contribution < -0.4 is 0 Å². The molecule has 0 aliphatic carbocycles. The summed E-state index contributed by atoms with van der Waals surface area (Å²) in [4.78, 5) is 15.3. The number of carbonyl (C=O) groups is 1. The first-order valence-electron chi connectivity index (χ1n) is 10.9. The molecule has 2 fully saturated rings. The van der Waals surface area contributed by atoms with Crippen LogP contribution in [0.2, 0.25) is 0 Å². The van der Waals surface area contributed by atoms with E-state index in [0.717, 1.165) is 45.2 Å². The Balaban J connectivity index is 1.45. The van der Waals surface area contributed by atoms with Crippen molar-refractivity contribution in [1.29, 1.82) is 0 Å². The molecule has 7 heteroatoms. The molecule has 3 heterocycles. The fraction of sp³-hybridized carbons (Fsp3) is 0.522. The third kappa shape index (κ3) is 4.05. The molecule has 0 bridgehead atoms. The average molecular weight is 430 g/mol. The van der Waals surface area contributed by atoms with Crippen molar-refractivity contribution < 1.29 is 13.2 Å². The Kier molecular flexibility index (Phi) is 6.02. The first-order valence-corrected chi connectivity index (χ1v) is 12.3. The second-order valence-electron chi connectivity index (χ2n) is 8.57. The molecular formula is C23H31N3O3S. The second kappa shape index (κ2) is 8.55. The number of likely N-dealkylation sites (tertiary alicyclic amines) is 1. The van der Waals surface area contributed by atoms with E-state index in [1.807, 2.05) is 11.0 Å². The van der Waals surface area contributed by atoms with Crippen molar-refractivity contribution in [2.75, 3.05) is 26.2 Å². The number of benzene rings is 1. The Bertz CT molecular complexity index is 1000. The van der Waals surface area contributed by atoms with Crippen LogP contribution in [0.25, 0.3) is 0 Å². The molecule has 1 amide bonds. The molecular weight excluding hydrogens is 398 g/mol. The number of carbonyl (C=O) groups excluding carboxylic acids is 1. The zero-order chi connectivity index (χ0) is 21.3. The lowest BCUT2D eigenvalue weighted by Gasteiger charge is -2.32. The molecule has 30 heavy (non-hydrogen) atoms. The third-order valence-corrected chi connectivity index (χ3v) is 8.67. The van der Waals surface area contributed by atoms with E-state index in [4.69, 9.17) is 0 Å². The van der Waals surface area contributed by atoms with E-state index in [2.05, 4.69) is 24.3 Å². The van der Waals surface area contributed by atoms with Crippen LogP contribution in [0.1, 0.15) is 47.4 Å². The van der Waals surface area contributed by atoms with Gasteiger partial charge in [0.1, 0.15) is 10.6 Å². The van der Waals surface area contributed by atoms with E-state index in [1.54, 1.807) is 28.9 Å². The van der Waals surface area contributed by atoms with Crippen LogP contribution in [0.15, 0.2) is 41.3 Å². The lowest BCUT2D eigenvalue weighted by molar-refractivity contribution is 0.0680. The summed E-state index contributed by atoms with van der Waals surface area (Å²) in [5.74, 6) is 0.513. The first-order chi connectivity index (χ1) is 14.4. The summed E-state index contributed by atoms with van der Waals surface area (Å²) in [7, 11) is -1.75. The molecule has 2 aliphatic heterocycles. The molecule has 0 unspecified atom stereocenters. The largest absolute Gasteiger partial charge is 0.343 e. The minimum atomic E-state index is -3.54. The maximum absolute atomic E-state index is 13.2. The third-order valence-electron chi connectivity index (χ3n) is 6.66. The van der Waals surface area contributed by atoms with Crippen LogP contribution in [-0.2, 0) is 23.5 Å². The number of sulfonamides is 1. The maximum atomic E-state index is 13.2. The Morgan fingerprint density at radius 1 is 1.03 bits per heavy atom. The monoisotopic (exact) mass is 429 g/mol. The zero-order valence-corrected chi connectivity index (χ0v) is 18.7. The van der Waals surface area contributed by atoms with Gasteiger partial charge in [0.25, 0.3) is 5.91 Å². The lowest BCUT2D eigenvalue weighted by atomic mass is 9.90. The molecule has 2 aliphatic rings. The number of hydrogen-bond donors (Lipinski definition) is 0. The van der Waals surface area contributed by atoms with Crippen molar-refractivity contribution in [3.8, 4) is 0 Å². The van der Waals surface area contributed by atoms with Gasteiger partial charge in [-0.1, -0.05) is 30.3 Å². The van der Waals surface area contributed by atoms with Gasteiger partial charge in [-0.05, 0) is 56.6 Å². The molecule has 1 aromatic carbocycles. The average Bonchev–Trinajstić information content (AvgIpc) is 3.39. The molecule has 0 atom stereocenters. The fourth-order valence-corrected chi connectivity index (χ4v) is 6.44. The van der Waals surface area contributed by atoms with Gasteiger partial charge in [0, 0.05) is 38.9 Å². The van der Waals surface area contributed by atoms with Crippen LogP contribution in [0.3, 0.4) is 0 Å². The van der Waals surface area contributed by atoms with Crippen molar-refractivity contribution >= 4 is 15.9 Å². The lowest BCUT2D eigenvalue weighted by Crippen LogP contribution is -2.39. The van der Waals surface area contributed by atoms with Gasteiger partial charge in [0.05, 0.1) is 0 Å². The van der Waals surface area contributed by atoms with E-state index < -0.39 is 10.0 Å². The Hall–Kier alpha value is -2.12. The van der Waals surface area contributed by atoms with Crippen molar-refractivity contribution in [2.24, 2.45) is 13.0 Å². The van der Waals surface area contributed by atoms with Crippen molar-refractivity contribution in [2.45, 2.75) is 43.9 Å². The smallest absolute Gasteiger partial charge is 0.270 e. The summed E-state index contributed by atoms with van der Waals surface area (Å²) >= 11 is 0. The maximum Gasteiger partial charge on any atom is 0.270 e. The number of nitrogens with zero attached hydrogens (tertiary/aromatic N) is 3. The quantitative estimate of drug-likeness (QED) is 0.733. The summed E-state index contributed by atoms with van der Waals surface area (Å²) in [5.41, 5.74) is 2.44. The van der Waals surface area contributed by atoms with Crippen molar-refractivity contribution in [1.82, 2.24) is 13.8 Å². The van der Waals surface area contributed by atoms with Gasteiger partial charge in [0.15, 0.2) is 0 Å². The highest BCUT2D eigenvalue weighted by Gasteiger charge is 2.33. The molecule has 4 rings (SSSR count). The summed E-state index contributed by atoms with van der Waals surface area (Å²) in [5, 5.41) is 0. The molecule has 0 saturated carbocycles. The summed E-state index contributed by atoms with van der Waals surface area (Å²) in [6.07, 6.45) is 4.79. The Labute approximate surface area is 179 Å². The van der Waals surface area contributed by atoms with E-state index in [9.17, 15) is 13.2 Å². The molecule has 2 aromatic rings. The molecule has 0 radical (unpaired) electrons. The van der Waals surface area contributed by atoms with Gasteiger partial charge >= 0.3 is 0 Å². The highest BCUT2D eigenvalue weighted by molar-refractivity contribution is 7.89. The molecule has 0 N–H and O–H groups in total. The minimum absolute atomic E-state index is 0.0679. The van der Waals surface area contributed by atoms with Gasteiger partial charge in [-0.2, -0.15) is 4.31 Å². The van der Waals surface area contributed by atoms with Gasteiger partial charge in [-0.3, -0.25) is 4.79 Å². The summed E-state index contributed by atoms with van der Waals surface area (Å²) < 4.78 is 29.3. The van der Waals surface area contributed by atoms with Crippen LogP contribution in [0.5, 0.6) is 0 Å². The van der Waals surface area contributed by atoms with Crippen LogP contribution in [0, 0.1) is 12.8 Å². The van der Waals surface area contributed by atoms with E-state index >= 15 is 0 Å². The topological polar surface area (TPSA) is 62.6 Å². The van der Waals surface area contributed by atoms with Gasteiger partial charge in [-0.15, -0.1) is 0 Å². The predicted octanol–water partition coefficient (Wildman–Crippen LogP) is 3.21. The van der Waals surface area contributed by atoms with Gasteiger partial charge in [-0.25, -0.2) is 8.42 Å². The molecule has 2 saturated heterocycles. The number of hydrogen-bond acceptors (Lipinski definition) is 3. The number of rotatable bonds is 5. The second-order valence-corrected chi connectivity index (χ2v) is 10.5. The fourth-order valence-electron chi connectivity index (χ4n) is 4.65. The van der Waals surface area contributed by atoms with Crippen molar-refractivity contribution in [3.63, 3.8) is 0 Å². The van der Waals surface area contributed by atoms with E-state index in [1.165, 1.54) is 5.56 Å². The summed E-state index contributed by atoms with van der Waals surface area (Å²) in [6, 6.07) is 12.1. The standard InChI is InChI=1S/C23H31N3O3S/c1-18-22(30(28,29)26-12-6-7-13-26)17-21(24(18)2)23(27)25-14-10-20(11-15-25)16-19-8-4-3-5-9-19/h3-5,8-9,17,20H,6-7,10-16H2,1-2H3. The Morgan fingerprint density at radius 2 is 1.67 bits per heavy atom. The van der Waals surface area contributed by atoms with Crippen LogP contribution in [0.4, 0.5) is 0 Å². The normalized spacial score (nSPS) is 18.8. The van der Waals surface area contributed by atoms with Gasteiger partial charge in [0.2, 0.25) is 10.0 Å².